The first-order valence-corrected chi connectivity index (χ1v) is 3.91. The fourth-order valence-corrected chi connectivity index (χ4v) is 1.12. The van der Waals surface area contributed by atoms with E-state index in [1.807, 2.05) is 13.2 Å². The lowest BCUT2D eigenvalue weighted by atomic mass is 9.98. The van der Waals surface area contributed by atoms with Gasteiger partial charge in [0.1, 0.15) is 5.82 Å². The van der Waals surface area contributed by atoms with E-state index in [0.29, 0.717) is 12.0 Å². The van der Waals surface area contributed by atoms with E-state index in [-0.39, 0.29) is 5.82 Å². The summed E-state index contributed by atoms with van der Waals surface area (Å²) in [5, 5.41) is 0. The van der Waals surface area contributed by atoms with Crippen molar-refractivity contribution in [2.75, 3.05) is 0 Å². The molecule has 1 aromatic rings. The zero-order valence-electron chi connectivity index (χ0n) is 6.88. The maximum absolute atomic E-state index is 13.0. The molecule has 2 heteroatoms. The zero-order chi connectivity index (χ0) is 8.97. The van der Waals surface area contributed by atoms with Gasteiger partial charge in [-0.05, 0) is 18.1 Å². The Labute approximate surface area is 71.2 Å². The van der Waals surface area contributed by atoms with Gasteiger partial charge >= 0.3 is 0 Å². The van der Waals surface area contributed by atoms with Crippen LogP contribution in [0.4, 0.5) is 4.39 Å². The molecule has 1 nitrogen and oxygen atoms in total. The molecule has 1 unspecified atom stereocenters. The molecule has 0 N–H and O–H groups in total. The molecule has 12 heavy (non-hydrogen) atoms. The van der Waals surface area contributed by atoms with Crippen molar-refractivity contribution in [2.45, 2.75) is 19.3 Å². The third-order valence-corrected chi connectivity index (χ3v) is 1.83. The van der Waals surface area contributed by atoms with Crippen LogP contribution in [0.2, 0.25) is 0 Å². The molecule has 0 aliphatic carbocycles. The lowest BCUT2D eigenvalue weighted by molar-refractivity contribution is 0.532. The van der Waals surface area contributed by atoms with Crippen LogP contribution < -0.4 is 0 Å². The van der Waals surface area contributed by atoms with E-state index in [2.05, 4.69) is 0 Å². The Morgan fingerprint density at radius 1 is 1.50 bits per heavy atom. The zero-order valence-corrected chi connectivity index (χ0v) is 6.88. The molecule has 0 aliphatic heterocycles. The number of halogens is 1. The average molecular weight is 165 g/mol. The van der Waals surface area contributed by atoms with Gasteiger partial charge in [-0.2, -0.15) is 0 Å². The van der Waals surface area contributed by atoms with Crippen LogP contribution in [0.25, 0.3) is 0 Å². The van der Waals surface area contributed by atoms with Crippen molar-refractivity contribution in [1.29, 1.82) is 0 Å². The molecule has 1 radical (unpaired) electrons. The van der Waals surface area contributed by atoms with Gasteiger partial charge in [0.05, 0.1) is 5.92 Å². The summed E-state index contributed by atoms with van der Waals surface area (Å²) in [4.78, 5) is 10.4. The van der Waals surface area contributed by atoms with Crippen LogP contribution in [0.15, 0.2) is 24.3 Å². The largest absolute Gasteiger partial charge is 0.290 e. The van der Waals surface area contributed by atoms with Crippen molar-refractivity contribution in [3.8, 4) is 0 Å². The van der Waals surface area contributed by atoms with E-state index in [9.17, 15) is 9.18 Å². The first kappa shape index (κ1) is 8.91. The topological polar surface area (TPSA) is 17.1 Å². The van der Waals surface area contributed by atoms with Crippen LogP contribution in [-0.4, -0.2) is 6.29 Å². The normalized spacial score (nSPS) is 12.5. The Morgan fingerprint density at radius 2 is 2.17 bits per heavy atom. The van der Waals surface area contributed by atoms with E-state index < -0.39 is 5.92 Å². The Hall–Kier alpha value is -1.18. The van der Waals surface area contributed by atoms with Crippen LogP contribution in [0.1, 0.15) is 24.8 Å². The molecule has 0 aliphatic rings. The third kappa shape index (κ3) is 1.70. The minimum atomic E-state index is -0.425. The third-order valence-electron chi connectivity index (χ3n) is 1.83. The SMILES string of the molecule is CCC([C]=O)c1ccccc1F. The highest BCUT2D eigenvalue weighted by Gasteiger charge is 2.12. The average Bonchev–Trinajstić information content (AvgIpc) is 2.10. The van der Waals surface area contributed by atoms with Crippen molar-refractivity contribution >= 4 is 6.29 Å². The van der Waals surface area contributed by atoms with Gasteiger partial charge in [-0.1, -0.05) is 25.1 Å². The van der Waals surface area contributed by atoms with Crippen molar-refractivity contribution in [1.82, 2.24) is 0 Å². The number of carbonyl (C=O) groups excluding carboxylic acids is 1. The molecule has 0 fully saturated rings. The van der Waals surface area contributed by atoms with E-state index in [1.165, 1.54) is 6.07 Å². The lowest BCUT2D eigenvalue weighted by Crippen LogP contribution is -2.00. The predicted molar refractivity (Wildman–Crippen MR) is 45.1 cm³/mol. The molecular formula is C10H10FO. The van der Waals surface area contributed by atoms with E-state index >= 15 is 0 Å². The molecule has 0 bridgehead atoms. The standard InChI is InChI=1S/C10H10FO/c1-2-8(7-12)9-5-3-4-6-10(9)11/h3-6,8H,2H2,1H3. The molecule has 0 saturated carbocycles. The lowest BCUT2D eigenvalue weighted by Gasteiger charge is -2.06. The van der Waals surface area contributed by atoms with Gasteiger partial charge in [0.25, 0.3) is 0 Å². The fourth-order valence-electron chi connectivity index (χ4n) is 1.12. The van der Waals surface area contributed by atoms with Crippen LogP contribution >= 0.6 is 0 Å². The first-order chi connectivity index (χ1) is 5.79. The summed E-state index contributed by atoms with van der Waals surface area (Å²) < 4.78 is 13.0. The van der Waals surface area contributed by atoms with E-state index in [4.69, 9.17) is 0 Å². The van der Waals surface area contributed by atoms with Gasteiger partial charge in [0.2, 0.25) is 6.29 Å². The Morgan fingerprint density at radius 3 is 2.67 bits per heavy atom. The minimum absolute atomic E-state index is 0.326. The highest BCUT2D eigenvalue weighted by atomic mass is 19.1. The molecule has 1 aromatic carbocycles. The van der Waals surface area contributed by atoms with E-state index in [1.54, 1.807) is 18.2 Å². The Bertz CT molecular complexity index is 270. The van der Waals surface area contributed by atoms with Crippen molar-refractivity contribution in [3.05, 3.63) is 35.6 Å². The number of hydrogen-bond donors (Lipinski definition) is 0. The van der Waals surface area contributed by atoms with Crippen LogP contribution in [0.3, 0.4) is 0 Å². The number of hydrogen-bond acceptors (Lipinski definition) is 1. The number of rotatable bonds is 3. The Kier molecular flexibility index (Phi) is 2.97. The van der Waals surface area contributed by atoms with Crippen LogP contribution in [0, 0.1) is 5.82 Å². The molecule has 0 spiro atoms. The fraction of sp³-hybridized carbons (Fsp3) is 0.300. The molecular weight excluding hydrogens is 155 g/mol. The van der Waals surface area contributed by atoms with Crippen molar-refractivity contribution in [2.24, 2.45) is 0 Å². The van der Waals surface area contributed by atoms with Crippen LogP contribution in [0.5, 0.6) is 0 Å². The second-order valence-electron chi connectivity index (χ2n) is 2.60. The molecule has 0 amide bonds. The van der Waals surface area contributed by atoms with Gasteiger partial charge in [0.15, 0.2) is 0 Å². The summed E-state index contributed by atoms with van der Waals surface area (Å²) in [5.74, 6) is -0.751. The monoisotopic (exact) mass is 165 g/mol. The first-order valence-electron chi connectivity index (χ1n) is 3.91. The smallest absolute Gasteiger partial charge is 0.206 e. The molecule has 1 atom stereocenters. The van der Waals surface area contributed by atoms with Gasteiger partial charge in [-0.25, -0.2) is 4.39 Å². The van der Waals surface area contributed by atoms with E-state index in [0.717, 1.165) is 0 Å². The minimum Gasteiger partial charge on any atom is -0.290 e. The highest BCUT2D eigenvalue weighted by molar-refractivity contribution is 5.62. The summed E-state index contributed by atoms with van der Waals surface area (Å²) >= 11 is 0. The van der Waals surface area contributed by atoms with Crippen LogP contribution in [-0.2, 0) is 4.79 Å². The molecule has 1 rings (SSSR count). The highest BCUT2D eigenvalue weighted by Crippen LogP contribution is 2.19. The predicted octanol–water partition coefficient (Wildman–Crippen LogP) is 2.43. The summed E-state index contributed by atoms with van der Waals surface area (Å²) in [5.41, 5.74) is 0.440. The second kappa shape index (κ2) is 4.00. The molecule has 63 valence electrons. The van der Waals surface area contributed by atoms with Crippen molar-refractivity contribution in [3.63, 3.8) is 0 Å². The van der Waals surface area contributed by atoms with Gasteiger partial charge in [-0.3, -0.25) is 4.79 Å². The van der Waals surface area contributed by atoms with Crippen molar-refractivity contribution < 1.29 is 9.18 Å². The summed E-state index contributed by atoms with van der Waals surface area (Å²) in [6.45, 7) is 1.84. The summed E-state index contributed by atoms with van der Waals surface area (Å²) in [6.07, 6.45) is 2.41. The molecule has 0 heterocycles. The molecule has 0 aromatic heterocycles. The van der Waals surface area contributed by atoms with Gasteiger partial charge in [-0.15, -0.1) is 0 Å². The molecule has 0 saturated heterocycles. The van der Waals surface area contributed by atoms with Gasteiger partial charge < -0.3 is 0 Å². The quantitative estimate of drug-likeness (QED) is 0.672. The second-order valence-corrected chi connectivity index (χ2v) is 2.60. The summed E-state index contributed by atoms with van der Waals surface area (Å²) in [7, 11) is 0. The van der Waals surface area contributed by atoms with Gasteiger partial charge in [0, 0.05) is 0 Å². The Balaban J connectivity index is 3.00. The number of benzene rings is 1. The summed E-state index contributed by atoms with van der Waals surface area (Å²) in [6, 6.07) is 6.30. The maximum Gasteiger partial charge on any atom is 0.206 e. The maximum atomic E-state index is 13.0.